The van der Waals surface area contributed by atoms with Crippen molar-refractivity contribution in [2.24, 2.45) is 0 Å². The molecular formula is C14H24N2O4S. The van der Waals surface area contributed by atoms with E-state index in [4.69, 9.17) is 15.2 Å². The van der Waals surface area contributed by atoms with E-state index in [1.807, 2.05) is 13.8 Å². The molecule has 0 aliphatic rings. The van der Waals surface area contributed by atoms with E-state index in [-0.39, 0.29) is 18.4 Å². The molecule has 0 spiro atoms. The average molecular weight is 316 g/mol. The third-order valence-electron chi connectivity index (χ3n) is 2.94. The number of rotatable bonds is 9. The zero-order chi connectivity index (χ0) is 15.9. The number of methoxy groups -OCH3 is 1. The second-order valence-electron chi connectivity index (χ2n) is 4.93. The van der Waals surface area contributed by atoms with Crippen LogP contribution in [-0.4, -0.2) is 51.4 Å². The van der Waals surface area contributed by atoms with Crippen LogP contribution in [-0.2, 0) is 14.8 Å². The number of ether oxygens (including phenoxy) is 2. The molecule has 0 saturated heterocycles. The summed E-state index contributed by atoms with van der Waals surface area (Å²) in [6.07, 6.45) is 0. The molecule has 1 aromatic rings. The van der Waals surface area contributed by atoms with Gasteiger partial charge in [0.1, 0.15) is 12.4 Å². The number of hydrogen-bond donors (Lipinski definition) is 1. The van der Waals surface area contributed by atoms with Gasteiger partial charge in [-0.05, 0) is 38.1 Å². The molecule has 0 heterocycles. The van der Waals surface area contributed by atoms with Crippen molar-refractivity contribution in [1.82, 2.24) is 4.31 Å². The van der Waals surface area contributed by atoms with E-state index < -0.39 is 10.0 Å². The maximum absolute atomic E-state index is 12.3. The van der Waals surface area contributed by atoms with Crippen LogP contribution >= 0.6 is 0 Å². The molecule has 21 heavy (non-hydrogen) atoms. The molecule has 0 aromatic heterocycles. The Morgan fingerprint density at radius 3 is 2.33 bits per heavy atom. The zero-order valence-electron chi connectivity index (χ0n) is 12.8. The van der Waals surface area contributed by atoms with Crippen molar-refractivity contribution in [3.05, 3.63) is 24.3 Å². The van der Waals surface area contributed by atoms with E-state index >= 15 is 0 Å². The predicted octanol–water partition coefficient (Wildman–Crippen LogP) is 1.33. The van der Waals surface area contributed by atoms with Crippen LogP contribution in [0.5, 0.6) is 5.75 Å². The molecular weight excluding hydrogens is 292 g/mol. The molecule has 0 saturated carbocycles. The minimum absolute atomic E-state index is 0.0702. The van der Waals surface area contributed by atoms with E-state index in [1.165, 1.54) is 4.31 Å². The normalized spacial score (nSPS) is 12.0. The first-order chi connectivity index (χ1) is 9.86. The van der Waals surface area contributed by atoms with Crippen molar-refractivity contribution in [1.29, 1.82) is 0 Å². The molecule has 1 aromatic carbocycles. The smallest absolute Gasteiger partial charge is 0.217 e. The summed E-state index contributed by atoms with van der Waals surface area (Å²) in [5, 5.41) is 0. The van der Waals surface area contributed by atoms with Gasteiger partial charge in [0.15, 0.2) is 0 Å². The number of hydrogen-bond acceptors (Lipinski definition) is 5. The van der Waals surface area contributed by atoms with Crippen LogP contribution in [0.15, 0.2) is 24.3 Å². The standard InChI is InChI=1S/C14H24N2O4S/c1-12(2)16(8-9-19-3)21(17,18)11-10-20-14-6-4-13(15)5-7-14/h4-7,12H,8-11,15H2,1-3H3. The van der Waals surface area contributed by atoms with Crippen molar-refractivity contribution >= 4 is 15.7 Å². The highest BCUT2D eigenvalue weighted by Gasteiger charge is 2.24. The van der Waals surface area contributed by atoms with Gasteiger partial charge in [0.25, 0.3) is 0 Å². The topological polar surface area (TPSA) is 81.9 Å². The molecule has 2 N–H and O–H groups in total. The summed E-state index contributed by atoms with van der Waals surface area (Å²) in [6, 6.07) is 6.74. The molecule has 0 aliphatic heterocycles. The highest BCUT2D eigenvalue weighted by molar-refractivity contribution is 7.89. The van der Waals surface area contributed by atoms with Gasteiger partial charge in [-0.15, -0.1) is 0 Å². The Labute approximate surface area is 126 Å². The van der Waals surface area contributed by atoms with E-state index in [0.717, 1.165) is 0 Å². The van der Waals surface area contributed by atoms with Crippen molar-refractivity contribution in [2.75, 3.05) is 38.4 Å². The molecule has 1 rings (SSSR count). The number of nitrogens with zero attached hydrogens (tertiary/aromatic N) is 1. The fourth-order valence-corrected chi connectivity index (χ4v) is 3.37. The van der Waals surface area contributed by atoms with Crippen LogP contribution in [0.25, 0.3) is 0 Å². The monoisotopic (exact) mass is 316 g/mol. The third-order valence-corrected chi connectivity index (χ3v) is 4.94. The summed E-state index contributed by atoms with van der Waals surface area (Å²) in [6.45, 7) is 4.50. The molecule has 0 aliphatic carbocycles. The van der Waals surface area contributed by atoms with Crippen molar-refractivity contribution < 1.29 is 17.9 Å². The van der Waals surface area contributed by atoms with Crippen molar-refractivity contribution in [3.63, 3.8) is 0 Å². The summed E-state index contributed by atoms with van der Waals surface area (Å²) in [5.41, 5.74) is 6.21. The zero-order valence-corrected chi connectivity index (χ0v) is 13.6. The lowest BCUT2D eigenvalue weighted by molar-refractivity contribution is 0.170. The van der Waals surface area contributed by atoms with Crippen LogP contribution in [0, 0.1) is 0 Å². The van der Waals surface area contributed by atoms with E-state index in [1.54, 1.807) is 31.4 Å². The number of nitrogens with two attached hydrogens (primary N) is 1. The molecule has 120 valence electrons. The molecule has 0 atom stereocenters. The van der Waals surface area contributed by atoms with E-state index in [9.17, 15) is 8.42 Å². The summed E-state index contributed by atoms with van der Waals surface area (Å²) in [4.78, 5) is 0. The lowest BCUT2D eigenvalue weighted by Gasteiger charge is -2.25. The SMILES string of the molecule is COCCN(C(C)C)S(=O)(=O)CCOc1ccc(N)cc1. The van der Waals surface area contributed by atoms with Crippen LogP contribution in [0.1, 0.15) is 13.8 Å². The van der Waals surface area contributed by atoms with Crippen LogP contribution in [0.4, 0.5) is 5.69 Å². The fraction of sp³-hybridized carbons (Fsp3) is 0.571. The summed E-state index contributed by atoms with van der Waals surface area (Å²) < 4.78 is 36.4. The Kier molecular flexibility index (Phi) is 6.94. The van der Waals surface area contributed by atoms with Gasteiger partial charge in [0.2, 0.25) is 10.0 Å². The van der Waals surface area contributed by atoms with Crippen LogP contribution in [0.3, 0.4) is 0 Å². The second-order valence-corrected chi connectivity index (χ2v) is 6.97. The first kappa shape index (κ1) is 17.7. The van der Waals surface area contributed by atoms with Gasteiger partial charge in [0.05, 0.1) is 12.4 Å². The Bertz CT molecular complexity index is 514. The van der Waals surface area contributed by atoms with Gasteiger partial charge in [-0.25, -0.2) is 8.42 Å². The van der Waals surface area contributed by atoms with E-state index in [0.29, 0.717) is 24.6 Å². The number of sulfonamides is 1. The summed E-state index contributed by atoms with van der Waals surface area (Å²) in [7, 11) is -1.82. The minimum atomic E-state index is -3.37. The van der Waals surface area contributed by atoms with Gasteiger partial charge < -0.3 is 15.2 Å². The molecule has 0 fully saturated rings. The third kappa shape index (κ3) is 5.91. The highest BCUT2D eigenvalue weighted by Crippen LogP contribution is 2.14. The van der Waals surface area contributed by atoms with Gasteiger partial charge >= 0.3 is 0 Å². The van der Waals surface area contributed by atoms with Gasteiger partial charge in [-0.3, -0.25) is 0 Å². The highest BCUT2D eigenvalue weighted by atomic mass is 32.2. The van der Waals surface area contributed by atoms with Crippen LogP contribution < -0.4 is 10.5 Å². The van der Waals surface area contributed by atoms with Gasteiger partial charge in [0, 0.05) is 25.4 Å². The van der Waals surface area contributed by atoms with Crippen molar-refractivity contribution in [2.45, 2.75) is 19.9 Å². The largest absolute Gasteiger partial charge is 0.492 e. The molecule has 0 amide bonds. The average Bonchev–Trinajstić information content (AvgIpc) is 2.40. The molecule has 0 unspecified atom stereocenters. The lowest BCUT2D eigenvalue weighted by Crippen LogP contribution is -2.41. The molecule has 7 heteroatoms. The Hall–Kier alpha value is -1.31. The summed E-state index contributed by atoms with van der Waals surface area (Å²) >= 11 is 0. The van der Waals surface area contributed by atoms with Gasteiger partial charge in [-0.2, -0.15) is 4.31 Å². The number of benzene rings is 1. The Balaban J connectivity index is 2.56. The number of nitrogen functional groups attached to an aromatic ring is 1. The first-order valence-corrected chi connectivity index (χ1v) is 8.44. The van der Waals surface area contributed by atoms with Gasteiger partial charge in [-0.1, -0.05) is 0 Å². The maximum Gasteiger partial charge on any atom is 0.217 e. The van der Waals surface area contributed by atoms with Crippen molar-refractivity contribution in [3.8, 4) is 5.75 Å². The number of anilines is 1. The molecule has 0 radical (unpaired) electrons. The maximum atomic E-state index is 12.3. The molecule has 6 nitrogen and oxygen atoms in total. The van der Waals surface area contributed by atoms with E-state index in [2.05, 4.69) is 0 Å². The first-order valence-electron chi connectivity index (χ1n) is 6.83. The second kappa shape index (κ2) is 8.21. The lowest BCUT2D eigenvalue weighted by atomic mass is 10.3. The minimum Gasteiger partial charge on any atom is -0.492 e. The Morgan fingerprint density at radius 1 is 1.19 bits per heavy atom. The Morgan fingerprint density at radius 2 is 1.81 bits per heavy atom. The summed E-state index contributed by atoms with van der Waals surface area (Å²) in [5.74, 6) is 0.534. The molecule has 0 bridgehead atoms. The van der Waals surface area contributed by atoms with Crippen LogP contribution in [0.2, 0.25) is 0 Å². The quantitative estimate of drug-likeness (QED) is 0.695. The fourth-order valence-electron chi connectivity index (χ4n) is 1.85. The predicted molar refractivity (Wildman–Crippen MR) is 83.9 cm³/mol.